The van der Waals surface area contributed by atoms with Crippen molar-refractivity contribution in [3.8, 4) is 0 Å². The zero-order valence-electron chi connectivity index (χ0n) is 10.9. The molecule has 0 radical (unpaired) electrons. The molecule has 5 nitrogen and oxygen atoms in total. The molecule has 0 bridgehead atoms. The molecule has 0 atom stereocenters. The Morgan fingerprint density at radius 3 is 1.65 bits per heavy atom. The van der Waals surface area contributed by atoms with E-state index in [2.05, 4.69) is 0 Å². The van der Waals surface area contributed by atoms with Gasteiger partial charge >= 0.3 is 8.80 Å². The van der Waals surface area contributed by atoms with Crippen molar-refractivity contribution >= 4 is 28.5 Å². The Bertz CT molecular complexity index is 277. The van der Waals surface area contributed by atoms with E-state index in [4.69, 9.17) is 13.3 Å². The van der Waals surface area contributed by atoms with E-state index in [9.17, 15) is 8.42 Å². The predicted octanol–water partition coefficient (Wildman–Crippen LogP) is 1.66. The van der Waals surface area contributed by atoms with E-state index in [1.807, 2.05) is 20.8 Å². The lowest BCUT2D eigenvalue weighted by molar-refractivity contribution is 0.0773. The first-order valence-corrected chi connectivity index (χ1v) is 10.8. The summed E-state index contributed by atoms with van der Waals surface area (Å²) in [4.78, 5) is 0. The average Bonchev–Trinajstić information content (AvgIpc) is 2.28. The van der Waals surface area contributed by atoms with Gasteiger partial charge in [0.1, 0.15) is 0 Å². The van der Waals surface area contributed by atoms with Crippen molar-refractivity contribution in [3.63, 3.8) is 0 Å². The van der Waals surface area contributed by atoms with E-state index in [0.29, 0.717) is 19.8 Å². The third kappa shape index (κ3) is 6.78. The van der Waals surface area contributed by atoms with Crippen LogP contribution in [-0.2, 0) is 22.1 Å². The molecule has 8 heteroatoms. The Hall–Kier alpha value is 0.397. The maximum absolute atomic E-state index is 11.5. The molecule has 0 N–H and O–H groups in total. The first-order chi connectivity index (χ1) is 7.95. The molecule has 0 aliphatic carbocycles. The highest BCUT2D eigenvalue weighted by Gasteiger charge is 2.42. The highest BCUT2D eigenvalue weighted by Crippen LogP contribution is 2.22. The van der Waals surface area contributed by atoms with E-state index < -0.39 is 17.7 Å². The number of rotatable bonds is 10. The number of hydrogen-bond acceptors (Lipinski definition) is 6. The van der Waals surface area contributed by atoms with Gasteiger partial charge in [0.2, 0.25) is 8.87 Å². The third-order valence-corrected chi connectivity index (χ3v) is 9.84. The summed E-state index contributed by atoms with van der Waals surface area (Å²) in [7, 11) is -5.07. The van der Waals surface area contributed by atoms with Crippen molar-refractivity contribution in [2.24, 2.45) is 0 Å². The SMILES string of the molecule is CCO[Si](CSS(=O)(=O)CC)(OCC)OCC. The standard InChI is InChI=1S/C9H22O5S2Si/c1-5-12-17(13-6-2,14-7-3)9-15-16(10,11)8-4/h5-9H2,1-4H3. The van der Waals surface area contributed by atoms with Crippen LogP contribution >= 0.6 is 10.8 Å². The zero-order valence-corrected chi connectivity index (χ0v) is 13.5. The van der Waals surface area contributed by atoms with Crippen molar-refractivity contribution in [2.45, 2.75) is 27.7 Å². The van der Waals surface area contributed by atoms with E-state index in [1.54, 1.807) is 6.92 Å². The highest BCUT2D eigenvalue weighted by atomic mass is 33.1. The van der Waals surface area contributed by atoms with Crippen molar-refractivity contribution < 1.29 is 21.7 Å². The van der Waals surface area contributed by atoms with Gasteiger partial charge in [0.25, 0.3) is 0 Å². The fourth-order valence-electron chi connectivity index (χ4n) is 1.16. The van der Waals surface area contributed by atoms with Crippen LogP contribution in [0.1, 0.15) is 27.7 Å². The van der Waals surface area contributed by atoms with Gasteiger partial charge in [-0.3, -0.25) is 0 Å². The highest BCUT2D eigenvalue weighted by molar-refractivity contribution is 8.72. The van der Waals surface area contributed by atoms with E-state index in [1.165, 1.54) is 0 Å². The normalized spacial score (nSPS) is 12.9. The van der Waals surface area contributed by atoms with Gasteiger partial charge in [0.15, 0.2) is 0 Å². The van der Waals surface area contributed by atoms with Gasteiger partial charge in [-0.05, 0) is 31.6 Å². The van der Waals surface area contributed by atoms with Crippen molar-refractivity contribution in [1.82, 2.24) is 0 Å². The molecule has 0 fully saturated rings. The van der Waals surface area contributed by atoms with Crippen LogP contribution in [0, 0.1) is 0 Å². The molecule has 0 unspecified atom stereocenters. The average molecular weight is 302 g/mol. The van der Waals surface area contributed by atoms with Gasteiger partial charge in [-0.15, -0.1) is 0 Å². The fraction of sp³-hybridized carbons (Fsp3) is 1.00. The molecule has 0 heterocycles. The molecule has 104 valence electrons. The second-order valence-electron chi connectivity index (χ2n) is 3.09. The Morgan fingerprint density at radius 2 is 1.35 bits per heavy atom. The minimum atomic E-state index is -3.10. The minimum Gasteiger partial charge on any atom is -0.373 e. The maximum atomic E-state index is 11.5. The Labute approximate surface area is 109 Å². The van der Waals surface area contributed by atoms with E-state index in [0.717, 1.165) is 10.8 Å². The second-order valence-corrected chi connectivity index (χ2v) is 10.6. The molecular weight excluding hydrogens is 280 g/mol. The van der Waals surface area contributed by atoms with Gasteiger partial charge in [0, 0.05) is 19.8 Å². The quantitative estimate of drug-likeness (QED) is 0.452. The fourth-order valence-corrected chi connectivity index (χ4v) is 8.60. The van der Waals surface area contributed by atoms with Crippen LogP contribution in [0.25, 0.3) is 0 Å². The molecule has 0 aromatic rings. The largest absolute Gasteiger partial charge is 0.512 e. The minimum absolute atomic E-state index is 0.104. The molecule has 0 aliphatic heterocycles. The summed E-state index contributed by atoms with van der Waals surface area (Å²) >= 11 is 0. The van der Waals surface area contributed by atoms with Crippen LogP contribution in [0.2, 0.25) is 0 Å². The molecule has 17 heavy (non-hydrogen) atoms. The predicted molar refractivity (Wildman–Crippen MR) is 72.6 cm³/mol. The molecule has 0 aliphatic rings. The maximum Gasteiger partial charge on any atom is 0.512 e. The lowest BCUT2D eigenvalue weighted by atomic mass is 10.9. The first-order valence-electron chi connectivity index (χ1n) is 5.74. The van der Waals surface area contributed by atoms with Crippen LogP contribution in [0.15, 0.2) is 0 Å². The molecule has 0 spiro atoms. The van der Waals surface area contributed by atoms with E-state index in [-0.39, 0.29) is 11.1 Å². The molecule has 0 saturated carbocycles. The summed E-state index contributed by atoms with van der Waals surface area (Å²) in [6, 6.07) is 0. The van der Waals surface area contributed by atoms with Gasteiger partial charge in [-0.1, -0.05) is 6.92 Å². The summed E-state index contributed by atoms with van der Waals surface area (Å²) in [6.07, 6.45) is 0. The van der Waals surface area contributed by atoms with Crippen LogP contribution in [0.4, 0.5) is 0 Å². The summed E-state index contributed by atoms with van der Waals surface area (Å²) in [5.74, 6) is 0.104. The van der Waals surface area contributed by atoms with Gasteiger partial charge < -0.3 is 13.3 Å². The summed E-state index contributed by atoms with van der Waals surface area (Å²) in [5, 5.41) is 0.249. The summed E-state index contributed by atoms with van der Waals surface area (Å²) in [5.41, 5.74) is 0. The third-order valence-electron chi connectivity index (χ3n) is 1.86. The molecule has 0 aromatic carbocycles. The van der Waals surface area contributed by atoms with Crippen LogP contribution in [0.3, 0.4) is 0 Å². The topological polar surface area (TPSA) is 61.8 Å². The second kappa shape index (κ2) is 8.49. The molecule has 0 aromatic heterocycles. The monoisotopic (exact) mass is 302 g/mol. The molecule has 0 saturated heterocycles. The summed E-state index contributed by atoms with van der Waals surface area (Å²) < 4.78 is 39.6. The zero-order chi connectivity index (χ0) is 13.4. The lowest BCUT2D eigenvalue weighted by Crippen LogP contribution is -2.49. The Morgan fingerprint density at radius 1 is 0.941 bits per heavy atom. The van der Waals surface area contributed by atoms with Gasteiger partial charge in [0.05, 0.1) is 11.1 Å². The lowest BCUT2D eigenvalue weighted by Gasteiger charge is -2.27. The van der Waals surface area contributed by atoms with Crippen molar-refractivity contribution in [2.75, 3.05) is 30.9 Å². The first kappa shape index (κ1) is 17.4. The smallest absolute Gasteiger partial charge is 0.373 e. The van der Waals surface area contributed by atoms with Crippen LogP contribution in [0.5, 0.6) is 0 Å². The molecule has 0 amide bonds. The van der Waals surface area contributed by atoms with Gasteiger partial charge in [-0.25, -0.2) is 8.42 Å². The Balaban J connectivity index is 4.65. The molecule has 0 rings (SSSR count). The van der Waals surface area contributed by atoms with Crippen LogP contribution in [-0.4, -0.2) is 48.2 Å². The van der Waals surface area contributed by atoms with E-state index >= 15 is 0 Å². The Kier molecular flexibility index (Phi) is 8.69. The van der Waals surface area contributed by atoms with Crippen molar-refractivity contribution in [3.05, 3.63) is 0 Å². The number of hydrogen-bond donors (Lipinski definition) is 0. The van der Waals surface area contributed by atoms with Crippen LogP contribution < -0.4 is 0 Å². The van der Waals surface area contributed by atoms with Crippen molar-refractivity contribution in [1.29, 1.82) is 0 Å². The van der Waals surface area contributed by atoms with Gasteiger partial charge in [-0.2, -0.15) is 0 Å². The summed E-state index contributed by atoms with van der Waals surface area (Å²) in [6.45, 7) is 8.53. The molecular formula is C9H22O5S2Si.